The Morgan fingerprint density at radius 3 is 2.30 bits per heavy atom. The monoisotopic (exact) mass is 510 g/mol. The number of imide groups is 2. The van der Waals surface area contributed by atoms with Gasteiger partial charge in [0.05, 0.1) is 6.26 Å². The molecule has 196 valence electrons. The molecule has 2 heterocycles. The summed E-state index contributed by atoms with van der Waals surface area (Å²) in [4.78, 5) is 57.7. The zero-order chi connectivity index (χ0) is 26.9. The van der Waals surface area contributed by atoms with Crippen LogP contribution in [0.5, 0.6) is 0 Å². The maximum atomic E-state index is 13.3. The number of furan rings is 1. The minimum atomic E-state index is -1.46. The number of carboxylic acid groups (broad SMARTS) is 1. The third kappa shape index (κ3) is 7.06. The zero-order valence-corrected chi connectivity index (χ0v) is 21.0. The van der Waals surface area contributed by atoms with Crippen molar-refractivity contribution in [1.29, 1.82) is 0 Å². The lowest BCUT2D eigenvalue weighted by Crippen LogP contribution is -2.49. The lowest BCUT2D eigenvalue weighted by Gasteiger charge is -2.26. The molecule has 0 unspecified atom stereocenters. The molecule has 0 saturated heterocycles. The van der Waals surface area contributed by atoms with E-state index in [4.69, 9.17) is 8.83 Å². The summed E-state index contributed by atoms with van der Waals surface area (Å²) in [5.74, 6) is -1.62. The van der Waals surface area contributed by atoms with Crippen molar-refractivity contribution in [2.75, 3.05) is 25.0 Å². The van der Waals surface area contributed by atoms with Crippen LogP contribution in [0.15, 0.2) is 63.8 Å². The molecule has 11 heteroatoms. The SMILES string of the molecule is CC(C)CCN(C(=O)O)C(=O)N(CCCc1ccccc1)C(=O)c1nc(C(=O)N(C)c2ccco2)co1. The molecule has 0 saturated carbocycles. The van der Waals surface area contributed by atoms with Gasteiger partial charge in [-0.1, -0.05) is 44.2 Å². The molecule has 37 heavy (non-hydrogen) atoms. The van der Waals surface area contributed by atoms with Gasteiger partial charge in [0.2, 0.25) is 5.88 Å². The molecule has 2 aromatic heterocycles. The third-order valence-electron chi connectivity index (χ3n) is 5.61. The number of anilines is 1. The highest BCUT2D eigenvalue weighted by atomic mass is 16.4. The Morgan fingerprint density at radius 2 is 1.68 bits per heavy atom. The fourth-order valence-corrected chi connectivity index (χ4v) is 3.49. The second-order valence-electron chi connectivity index (χ2n) is 8.80. The largest absolute Gasteiger partial charge is 0.465 e. The van der Waals surface area contributed by atoms with Crippen molar-refractivity contribution in [3.05, 3.63) is 72.1 Å². The quantitative estimate of drug-likeness (QED) is 0.412. The highest BCUT2D eigenvalue weighted by Crippen LogP contribution is 2.17. The highest BCUT2D eigenvalue weighted by molar-refractivity contribution is 6.07. The normalized spacial score (nSPS) is 10.8. The summed E-state index contributed by atoms with van der Waals surface area (Å²) in [5, 5.41) is 9.66. The zero-order valence-electron chi connectivity index (χ0n) is 21.0. The van der Waals surface area contributed by atoms with Gasteiger partial charge in [-0.15, -0.1) is 0 Å². The average Bonchev–Trinajstić information content (AvgIpc) is 3.58. The first kappa shape index (κ1) is 27.2. The van der Waals surface area contributed by atoms with E-state index in [1.165, 1.54) is 18.2 Å². The van der Waals surface area contributed by atoms with E-state index in [1.54, 1.807) is 12.1 Å². The van der Waals surface area contributed by atoms with Gasteiger partial charge in [0.15, 0.2) is 5.69 Å². The van der Waals surface area contributed by atoms with Gasteiger partial charge in [-0.3, -0.25) is 19.4 Å². The van der Waals surface area contributed by atoms with Crippen molar-refractivity contribution >= 4 is 29.8 Å². The third-order valence-corrected chi connectivity index (χ3v) is 5.61. The number of aryl methyl sites for hydroxylation is 1. The van der Waals surface area contributed by atoms with Crippen molar-refractivity contribution in [2.24, 2.45) is 5.92 Å². The number of hydrogen-bond acceptors (Lipinski definition) is 7. The maximum Gasteiger partial charge on any atom is 0.415 e. The van der Waals surface area contributed by atoms with Crippen LogP contribution < -0.4 is 4.90 Å². The van der Waals surface area contributed by atoms with Crippen molar-refractivity contribution in [3.8, 4) is 0 Å². The van der Waals surface area contributed by atoms with E-state index in [0.717, 1.165) is 16.7 Å². The Balaban J connectivity index is 1.81. The Hall–Kier alpha value is -4.41. The van der Waals surface area contributed by atoms with E-state index < -0.39 is 29.8 Å². The molecular weight excluding hydrogens is 480 g/mol. The Labute approximate surface area is 214 Å². The van der Waals surface area contributed by atoms with E-state index in [1.807, 2.05) is 44.2 Å². The molecule has 0 aliphatic rings. The summed E-state index contributed by atoms with van der Waals surface area (Å²) >= 11 is 0. The van der Waals surface area contributed by atoms with Gasteiger partial charge in [0.25, 0.3) is 11.8 Å². The fraction of sp³-hybridized carbons (Fsp3) is 0.346. The smallest absolute Gasteiger partial charge is 0.415 e. The summed E-state index contributed by atoms with van der Waals surface area (Å²) in [6.45, 7) is 3.66. The molecule has 1 aromatic carbocycles. The molecule has 0 bridgehead atoms. The number of aromatic nitrogens is 1. The predicted molar refractivity (Wildman–Crippen MR) is 133 cm³/mol. The van der Waals surface area contributed by atoms with E-state index in [-0.39, 0.29) is 30.6 Å². The molecular formula is C26H30N4O7. The van der Waals surface area contributed by atoms with E-state index in [2.05, 4.69) is 4.98 Å². The summed E-state index contributed by atoms with van der Waals surface area (Å²) in [7, 11) is 1.47. The first-order chi connectivity index (χ1) is 17.7. The second-order valence-corrected chi connectivity index (χ2v) is 8.80. The van der Waals surface area contributed by atoms with Crippen LogP contribution in [0.3, 0.4) is 0 Å². The van der Waals surface area contributed by atoms with Crippen molar-refractivity contribution in [1.82, 2.24) is 14.8 Å². The average molecular weight is 511 g/mol. The van der Waals surface area contributed by atoms with Gasteiger partial charge in [-0.05, 0) is 36.8 Å². The number of benzene rings is 1. The molecule has 0 aliphatic carbocycles. The molecule has 11 nitrogen and oxygen atoms in total. The molecule has 5 amide bonds. The molecule has 3 aromatic rings. The Kier molecular flexibility index (Phi) is 9.20. The minimum Gasteiger partial charge on any atom is -0.465 e. The fourth-order valence-electron chi connectivity index (χ4n) is 3.49. The summed E-state index contributed by atoms with van der Waals surface area (Å²) < 4.78 is 10.4. The number of carbonyl (C=O) groups excluding carboxylic acids is 3. The van der Waals surface area contributed by atoms with Crippen LogP contribution in [0, 0.1) is 5.92 Å². The minimum absolute atomic E-state index is 0.0719. The van der Waals surface area contributed by atoms with E-state index >= 15 is 0 Å². The number of urea groups is 1. The van der Waals surface area contributed by atoms with Crippen LogP contribution >= 0.6 is 0 Å². The lowest BCUT2D eigenvalue weighted by molar-refractivity contribution is 0.0715. The predicted octanol–water partition coefficient (Wildman–Crippen LogP) is 4.77. The number of amides is 5. The molecule has 0 aliphatic heterocycles. The second kappa shape index (κ2) is 12.5. The number of nitrogens with zero attached hydrogens (tertiary/aromatic N) is 4. The Morgan fingerprint density at radius 1 is 0.946 bits per heavy atom. The summed E-state index contributed by atoms with van der Waals surface area (Å²) in [6, 6.07) is 11.7. The number of hydrogen-bond donors (Lipinski definition) is 1. The van der Waals surface area contributed by atoms with Gasteiger partial charge < -0.3 is 13.9 Å². The van der Waals surface area contributed by atoms with Crippen LogP contribution in [0.2, 0.25) is 0 Å². The molecule has 3 rings (SSSR count). The van der Waals surface area contributed by atoms with E-state index in [0.29, 0.717) is 24.2 Å². The molecule has 0 fully saturated rings. The number of oxazole rings is 1. The molecule has 0 radical (unpaired) electrons. The standard InChI is InChI=1S/C26H30N4O7/c1-18(2)13-15-30(26(34)35)25(33)29(14-7-11-19-9-5-4-6-10-19)24(32)22-27-20(17-37-22)23(31)28(3)21-12-8-16-36-21/h4-6,8-10,12,16-18H,7,11,13-15H2,1-3H3,(H,34,35). The van der Waals surface area contributed by atoms with Crippen LogP contribution in [0.4, 0.5) is 15.5 Å². The maximum absolute atomic E-state index is 13.3. The first-order valence-corrected chi connectivity index (χ1v) is 11.9. The highest BCUT2D eigenvalue weighted by Gasteiger charge is 2.34. The van der Waals surface area contributed by atoms with Crippen molar-refractivity contribution in [3.63, 3.8) is 0 Å². The first-order valence-electron chi connectivity index (χ1n) is 11.9. The van der Waals surface area contributed by atoms with Crippen LogP contribution in [-0.4, -0.2) is 64.0 Å². The van der Waals surface area contributed by atoms with Crippen molar-refractivity contribution in [2.45, 2.75) is 33.1 Å². The van der Waals surface area contributed by atoms with E-state index in [9.17, 15) is 24.3 Å². The van der Waals surface area contributed by atoms with Gasteiger partial charge >= 0.3 is 18.0 Å². The van der Waals surface area contributed by atoms with Crippen LogP contribution in [0.25, 0.3) is 0 Å². The number of rotatable bonds is 10. The van der Waals surface area contributed by atoms with Gasteiger partial charge in [0, 0.05) is 26.2 Å². The topological polar surface area (TPSA) is 137 Å². The lowest BCUT2D eigenvalue weighted by atomic mass is 10.1. The van der Waals surface area contributed by atoms with Gasteiger partial charge in [-0.25, -0.2) is 14.5 Å². The van der Waals surface area contributed by atoms with Gasteiger partial charge in [-0.2, -0.15) is 4.98 Å². The summed E-state index contributed by atoms with van der Waals surface area (Å²) in [5.41, 5.74) is 0.830. The molecule has 0 atom stereocenters. The molecule has 1 N–H and O–H groups in total. The Bertz CT molecular complexity index is 1200. The summed E-state index contributed by atoms with van der Waals surface area (Å²) in [6.07, 6.45) is 2.32. The number of carbonyl (C=O) groups is 4. The molecule has 0 spiro atoms. The van der Waals surface area contributed by atoms with Crippen LogP contribution in [-0.2, 0) is 6.42 Å². The van der Waals surface area contributed by atoms with Gasteiger partial charge in [0.1, 0.15) is 6.26 Å². The van der Waals surface area contributed by atoms with Crippen molar-refractivity contribution < 1.29 is 33.1 Å². The van der Waals surface area contributed by atoms with Crippen LogP contribution in [0.1, 0.15) is 53.4 Å².